The summed E-state index contributed by atoms with van der Waals surface area (Å²) in [5, 5.41) is 8.94. The van der Waals surface area contributed by atoms with Crippen LogP contribution in [0.15, 0.2) is 85.1 Å². The van der Waals surface area contributed by atoms with Crippen LogP contribution in [0, 0.1) is 0 Å². The Bertz CT molecular complexity index is 1340. The fraction of sp³-hybridized carbons (Fsp3) is 0.276. The highest BCUT2D eigenvalue weighted by atomic mass is 16.2. The van der Waals surface area contributed by atoms with Gasteiger partial charge in [0.1, 0.15) is 5.69 Å². The number of nitrogens with two attached hydrogens (primary N) is 1. The second-order valence-corrected chi connectivity index (χ2v) is 9.77. The first-order valence-electron chi connectivity index (χ1n) is 12.6. The highest BCUT2D eigenvalue weighted by Gasteiger charge is 2.33. The predicted molar refractivity (Wildman–Crippen MR) is 139 cm³/mol. The maximum Gasteiger partial charge on any atom is 0.315 e. The number of urea groups is 1. The quantitative estimate of drug-likeness (QED) is 0.448. The van der Waals surface area contributed by atoms with E-state index in [-0.39, 0.29) is 6.04 Å². The summed E-state index contributed by atoms with van der Waals surface area (Å²) in [6.45, 7) is 3.66. The monoisotopic (exact) mass is 478 g/mol. The van der Waals surface area contributed by atoms with Gasteiger partial charge in [-0.1, -0.05) is 84.1 Å². The number of nitrogens with zero attached hydrogens (tertiary/aromatic N) is 5. The lowest BCUT2D eigenvalue weighted by Crippen LogP contribution is -2.34. The molecule has 1 aromatic heterocycles. The van der Waals surface area contributed by atoms with Crippen molar-refractivity contribution in [1.82, 2.24) is 24.8 Å². The number of primary amides is 1. The van der Waals surface area contributed by atoms with E-state index in [0.29, 0.717) is 12.6 Å². The highest BCUT2D eigenvalue weighted by Crippen LogP contribution is 2.38. The summed E-state index contributed by atoms with van der Waals surface area (Å²) in [6, 6.07) is 26.9. The Labute approximate surface area is 211 Å². The van der Waals surface area contributed by atoms with E-state index in [9.17, 15) is 4.79 Å². The van der Waals surface area contributed by atoms with Gasteiger partial charge in [-0.15, -0.1) is 5.10 Å². The number of likely N-dealkylation sites (tertiary alicyclic amines) is 1. The van der Waals surface area contributed by atoms with Gasteiger partial charge in [-0.2, -0.15) is 0 Å². The number of piperidine rings is 1. The van der Waals surface area contributed by atoms with Gasteiger partial charge >= 0.3 is 6.03 Å². The molecule has 7 heteroatoms. The molecule has 0 aliphatic carbocycles. The second-order valence-electron chi connectivity index (χ2n) is 9.77. The lowest BCUT2D eigenvalue weighted by atomic mass is 9.97. The van der Waals surface area contributed by atoms with Gasteiger partial charge in [-0.3, -0.25) is 4.90 Å². The van der Waals surface area contributed by atoms with E-state index in [2.05, 4.69) is 88.1 Å². The molecule has 7 nitrogen and oxygen atoms in total. The Morgan fingerprint density at radius 3 is 2.39 bits per heavy atom. The molecule has 1 atom stereocenters. The van der Waals surface area contributed by atoms with Crippen molar-refractivity contribution in [2.45, 2.75) is 38.0 Å². The predicted octanol–water partition coefficient (Wildman–Crippen LogP) is 4.77. The van der Waals surface area contributed by atoms with Gasteiger partial charge in [-0.25, -0.2) is 9.48 Å². The van der Waals surface area contributed by atoms with Crippen LogP contribution in [-0.4, -0.2) is 43.9 Å². The first-order valence-corrected chi connectivity index (χ1v) is 12.6. The lowest BCUT2D eigenvalue weighted by molar-refractivity contribution is 0.172. The fourth-order valence-corrected chi connectivity index (χ4v) is 5.56. The van der Waals surface area contributed by atoms with E-state index in [1.54, 1.807) is 4.90 Å². The van der Waals surface area contributed by atoms with Crippen molar-refractivity contribution in [3.8, 4) is 11.3 Å². The molecule has 2 aliphatic rings. The number of rotatable bonds is 5. The standard InChI is InChI=1S/C29H30N6O/c30-29(36)34-19-24-8-4-5-9-26(24)28(34)23-12-10-22(11-13-23)27-20-35(32-31-27)25-14-16-33(17-15-25)18-21-6-2-1-3-7-21/h1-13,20,25,28H,14-19H2,(H2,30,36). The van der Waals surface area contributed by atoms with Crippen molar-refractivity contribution in [3.05, 3.63) is 107 Å². The van der Waals surface area contributed by atoms with Crippen LogP contribution in [0.5, 0.6) is 0 Å². The zero-order valence-corrected chi connectivity index (χ0v) is 20.2. The molecular formula is C29H30N6O. The summed E-state index contributed by atoms with van der Waals surface area (Å²) in [5.74, 6) is 0. The molecule has 2 amide bonds. The molecule has 182 valence electrons. The number of fused-ring (bicyclic) bond motifs is 1. The summed E-state index contributed by atoms with van der Waals surface area (Å²) in [7, 11) is 0. The average Bonchev–Trinajstić information content (AvgIpc) is 3.56. The summed E-state index contributed by atoms with van der Waals surface area (Å²) in [4.78, 5) is 16.4. The topological polar surface area (TPSA) is 80.3 Å². The second kappa shape index (κ2) is 9.59. The van der Waals surface area contributed by atoms with Crippen LogP contribution in [0.1, 0.15) is 47.2 Å². The van der Waals surface area contributed by atoms with E-state index >= 15 is 0 Å². The number of benzene rings is 3. The normalized spacial score (nSPS) is 18.3. The maximum atomic E-state index is 12.1. The number of hydrogen-bond donors (Lipinski definition) is 1. The van der Waals surface area contributed by atoms with Crippen molar-refractivity contribution >= 4 is 6.03 Å². The van der Waals surface area contributed by atoms with Crippen molar-refractivity contribution in [2.75, 3.05) is 13.1 Å². The zero-order valence-electron chi connectivity index (χ0n) is 20.2. The Balaban J connectivity index is 1.13. The van der Waals surface area contributed by atoms with Crippen molar-refractivity contribution in [3.63, 3.8) is 0 Å². The molecule has 4 aromatic rings. The van der Waals surface area contributed by atoms with Crippen LogP contribution in [0.4, 0.5) is 4.79 Å². The van der Waals surface area contributed by atoms with E-state index in [4.69, 9.17) is 5.73 Å². The first-order chi connectivity index (χ1) is 17.7. The molecular weight excluding hydrogens is 448 g/mol. The molecule has 1 unspecified atom stereocenters. The van der Waals surface area contributed by atoms with Gasteiger partial charge in [0.05, 0.1) is 18.3 Å². The highest BCUT2D eigenvalue weighted by molar-refractivity contribution is 5.75. The molecule has 0 radical (unpaired) electrons. The molecule has 2 aliphatic heterocycles. The summed E-state index contributed by atoms with van der Waals surface area (Å²) < 4.78 is 2.03. The first kappa shape index (κ1) is 22.5. The number of amides is 2. The third-order valence-electron chi connectivity index (χ3n) is 7.50. The van der Waals surface area contributed by atoms with E-state index in [0.717, 1.165) is 60.4 Å². The van der Waals surface area contributed by atoms with Gasteiger partial charge in [0.15, 0.2) is 0 Å². The number of carbonyl (C=O) groups is 1. The van der Waals surface area contributed by atoms with Crippen LogP contribution in [0.25, 0.3) is 11.3 Å². The molecule has 0 bridgehead atoms. The molecule has 0 saturated carbocycles. The molecule has 1 fully saturated rings. The third kappa shape index (κ3) is 4.38. The lowest BCUT2D eigenvalue weighted by Gasteiger charge is -2.31. The van der Waals surface area contributed by atoms with Crippen LogP contribution >= 0.6 is 0 Å². The van der Waals surface area contributed by atoms with Crippen molar-refractivity contribution < 1.29 is 4.79 Å². The van der Waals surface area contributed by atoms with Gasteiger partial charge < -0.3 is 10.6 Å². The average molecular weight is 479 g/mol. The van der Waals surface area contributed by atoms with Crippen LogP contribution in [0.2, 0.25) is 0 Å². The molecule has 2 N–H and O–H groups in total. The van der Waals surface area contributed by atoms with Crippen molar-refractivity contribution in [2.24, 2.45) is 5.73 Å². The van der Waals surface area contributed by atoms with Crippen molar-refractivity contribution in [1.29, 1.82) is 0 Å². The largest absolute Gasteiger partial charge is 0.351 e. The van der Waals surface area contributed by atoms with E-state index in [1.165, 1.54) is 5.56 Å². The minimum absolute atomic E-state index is 0.162. The fourth-order valence-electron chi connectivity index (χ4n) is 5.56. The molecule has 3 aromatic carbocycles. The minimum atomic E-state index is -0.405. The Hall–Kier alpha value is -3.97. The third-order valence-corrected chi connectivity index (χ3v) is 7.50. The Morgan fingerprint density at radius 1 is 0.917 bits per heavy atom. The number of aromatic nitrogens is 3. The molecule has 36 heavy (non-hydrogen) atoms. The van der Waals surface area contributed by atoms with Crippen LogP contribution < -0.4 is 5.73 Å². The smallest absolute Gasteiger partial charge is 0.315 e. The van der Waals surface area contributed by atoms with Gasteiger partial charge in [-0.05, 0) is 35.1 Å². The molecule has 3 heterocycles. The zero-order chi connectivity index (χ0) is 24.5. The maximum absolute atomic E-state index is 12.1. The van der Waals surface area contributed by atoms with E-state index < -0.39 is 6.03 Å². The van der Waals surface area contributed by atoms with E-state index in [1.807, 2.05) is 16.8 Å². The molecule has 0 spiro atoms. The number of hydrogen-bond acceptors (Lipinski definition) is 4. The molecule has 6 rings (SSSR count). The Morgan fingerprint density at radius 2 is 1.64 bits per heavy atom. The molecule has 1 saturated heterocycles. The van der Waals surface area contributed by atoms with Gasteiger partial charge in [0.2, 0.25) is 0 Å². The van der Waals surface area contributed by atoms with Crippen LogP contribution in [0.3, 0.4) is 0 Å². The van der Waals surface area contributed by atoms with Gasteiger partial charge in [0.25, 0.3) is 0 Å². The summed E-state index contributed by atoms with van der Waals surface area (Å²) >= 11 is 0. The van der Waals surface area contributed by atoms with Gasteiger partial charge in [0, 0.05) is 31.7 Å². The Kier molecular flexibility index (Phi) is 5.99. The SMILES string of the molecule is NC(=O)N1Cc2ccccc2C1c1ccc(-c2cn(C3CCN(Cc4ccccc4)CC3)nn2)cc1. The minimum Gasteiger partial charge on any atom is -0.351 e. The summed E-state index contributed by atoms with van der Waals surface area (Å²) in [6.07, 6.45) is 4.20. The number of carbonyl (C=O) groups excluding carboxylic acids is 1. The van der Waals surface area contributed by atoms with Crippen LogP contribution in [-0.2, 0) is 13.1 Å². The summed E-state index contributed by atoms with van der Waals surface area (Å²) in [5.41, 5.74) is 12.3.